The third kappa shape index (κ3) is 3.61. The lowest BCUT2D eigenvalue weighted by Gasteiger charge is -2.12. The lowest BCUT2D eigenvalue weighted by molar-refractivity contribution is -0.384. The molecule has 0 amide bonds. The molecule has 0 bridgehead atoms. The monoisotopic (exact) mass is 361 g/mol. The summed E-state index contributed by atoms with van der Waals surface area (Å²) in [5, 5.41) is 11.0. The summed E-state index contributed by atoms with van der Waals surface area (Å²) in [7, 11) is -3.91. The number of anilines is 1. The smallest absolute Gasteiger partial charge is 0.271 e. The molecular formula is C16H15N3O5S. The number of aryl methyl sites for hydroxylation is 1. The number of nitro benzene ring substituents is 1. The Labute approximate surface area is 144 Å². The number of sulfonamides is 1. The van der Waals surface area contributed by atoms with E-state index in [0.717, 1.165) is 11.6 Å². The molecule has 0 aliphatic carbocycles. The van der Waals surface area contributed by atoms with Crippen molar-refractivity contribution in [1.29, 1.82) is 0 Å². The van der Waals surface area contributed by atoms with E-state index in [1.54, 1.807) is 12.1 Å². The van der Waals surface area contributed by atoms with Crippen LogP contribution in [0.5, 0.6) is 0 Å². The second-order valence-electron chi connectivity index (χ2n) is 5.44. The van der Waals surface area contributed by atoms with Gasteiger partial charge in [0, 0.05) is 12.1 Å². The topological polar surface area (TPSA) is 111 Å². The Morgan fingerprint density at radius 2 is 1.92 bits per heavy atom. The number of hydrogen-bond acceptors (Lipinski definition) is 6. The predicted octanol–water partition coefficient (Wildman–Crippen LogP) is 2.48. The number of nitro groups is 1. The van der Waals surface area contributed by atoms with Crippen molar-refractivity contribution in [2.45, 2.75) is 11.8 Å². The van der Waals surface area contributed by atoms with Gasteiger partial charge in [0.15, 0.2) is 0 Å². The lowest BCUT2D eigenvalue weighted by Crippen LogP contribution is -2.16. The molecule has 0 fully saturated rings. The zero-order chi connectivity index (χ0) is 18.0. The zero-order valence-corrected chi connectivity index (χ0v) is 14.1. The molecule has 0 atom stereocenters. The van der Waals surface area contributed by atoms with Crippen LogP contribution in [0.2, 0.25) is 0 Å². The molecule has 2 aromatic carbocycles. The number of non-ortho nitro benzene ring substituents is 1. The van der Waals surface area contributed by atoms with Crippen LogP contribution in [0.25, 0.3) is 0 Å². The summed E-state index contributed by atoms with van der Waals surface area (Å²) in [5.41, 5.74) is 1.10. The fourth-order valence-electron chi connectivity index (χ4n) is 2.34. The largest absolute Gasteiger partial charge is 0.475 e. The van der Waals surface area contributed by atoms with Crippen LogP contribution >= 0.6 is 0 Å². The average molecular weight is 361 g/mol. The van der Waals surface area contributed by atoms with Gasteiger partial charge in [-0.3, -0.25) is 14.8 Å². The maximum absolute atomic E-state index is 12.6. The third-order valence-corrected chi connectivity index (χ3v) is 4.99. The molecule has 1 aliphatic rings. The number of aliphatic imine (C=N–C) groups is 1. The first-order valence-corrected chi connectivity index (χ1v) is 8.91. The normalized spacial score (nSPS) is 13.9. The fourth-order valence-corrected chi connectivity index (χ4v) is 3.41. The number of ether oxygens (including phenoxy) is 1. The summed E-state index contributed by atoms with van der Waals surface area (Å²) in [6.07, 6.45) is 0. The van der Waals surface area contributed by atoms with Crippen molar-refractivity contribution in [3.63, 3.8) is 0 Å². The number of hydrogen-bond donors (Lipinski definition) is 1. The molecule has 1 heterocycles. The SMILES string of the molecule is Cc1ccc(S(=O)(=O)Nc2cc([N+](=O)[O-])ccc2C2=NCCO2)cc1. The third-order valence-electron chi connectivity index (χ3n) is 3.61. The minimum Gasteiger partial charge on any atom is -0.475 e. The maximum Gasteiger partial charge on any atom is 0.271 e. The van der Waals surface area contributed by atoms with Crippen LogP contribution < -0.4 is 4.72 Å². The van der Waals surface area contributed by atoms with E-state index in [0.29, 0.717) is 18.7 Å². The van der Waals surface area contributed by atoms with Gasteiger partial charge in [-0.15, -0.1) is 0 Å². The van der Waals surface area contributed by atoms with Crippen molar-refractivity contribution in [2.75, 3.05) is 17.9 Å². The van der Waals surface area contributed by atoms with Crippen LogP contribution in [-0.4, -0.2) is 32.4 Å². The van der Waals surface area contributed by atoms with Crippen molar-refractivity contribution in [3.8, 4) is 0 Å². The molecule has 0 aromatic heterocycles. The number of nitrogens with zero attached hydrogens (tertiary/aromatic N) is 2. The van der Waals surface area contributed by atoms with E-state index in [9.17, 15) is 18.5 Å². The van der Waals surface area contributed by atoms with Crippen LogP contribution in [0, 0.1) is 17.0 Å². The molecule has 25 heavy (non-hydrogen) atoms. The summed E-state index contributed by atoms with van der Waals surface area (Å²) in [6, 6.07) is 10.2. The highest BCUT2D eigenvalue weighted by atomic mass is 32.2. The molecule has 3 rings (SSSR count). The summed E-state index contributed by atoms with van der Waals surface area (Å²) < 4.78 is 33.0. The standard InChI is InChI=1S/C16H15N3O5S/c1-11-2-5-13(6-3-11)25(22,23)18-15-10-12(19(20)21)4-7-14(15)16-17-8-9-24-16/h2-7,10,18H,8-9H2,1H3. The van der Waals surface area contributed by atoms with Gasteiger partial charge in [0.2, 0.25) is 5.90 Å². The predicted molar refractivity (Wildman–Crippen MR) is 92.4 cm³/mol. The average Bonchev–Trinajstić information content (AvgIpc) is 3.09. The minimum atomic E-state index is -3.91. The molecule has 0 unspecified atom stereocenters. The Kier molecular flexibility index (Phi) is 4.41. The van der Waals surface area contributed by atoms with Crippen LogP contribution in [0.4, 0.5) is 11.4 Å². The highest BCUT2D eigenvalue weighted by Crippen LogP contribution is 2.27. The number of nitrogens with one attached hydrogen (secondary N) is 1. The van der Waals surface area contributed by atoms with Crippen LogP contribution in [0.3, 0.4) is 0 Å². The molecule has 0 saturated carbocycles. The minimum absolute atomic E-state index is 0.0513. The van der Waals surface area contributed by atoms with Gasteiger partial charge in [-0.1, -0.05) is 17.7 Å². The Hall–Kier alpha value is -2.94. The zero-order valence-electron chi connectivity index (χ0n) is 13.3. The molecule has 1 aliphatic heterocycles. The van der Waals surface area contributed by atoms with Gasteiger partial charge in [0.25, 0.3) is 15.7 Å². The van der Waals surface area contributed by atoms with Gasteiger partial charge in [0.1, 0.15) is 6.61 Å². The van der Waals surface area contributed by atoms with E-state index < -0.39 is 14.9 Å². The number of rotatable bonds is 5. The van der Waals surface area contributed by atoms with Crippen LogP contribution in [0.1, 0.15) is 11.1 Å². The maximum atomic E-state index is 12.6. The molecule has 1 N–H and O–H groups in total. The first-order valence-electron chi connectivity index (χ1n) is 7.42. The summed E-state index contributed by atoms with van der Waals surface area (Å²) in [5.74, 6) is 0.261. The van der Waals surface area contributed by atoms with E-state index in [-0.39, 0.29) is 22.2 Å². The molecule has 130 valence electrons. The van der Waals surface area contributed by atoms with E-state index in [4.69, 9.17) is 4.74 Å². The molecule has 0 spiro atoms. The second kappa shape index (κ2) is 6.52. The second-order valence-corrected chi connectivity index (χ2v) is 7.12. The fraction of sp³-hybridized carbons (Fsp3) is 0.188. The van der Waals surface area contributed by atoms with Gasteiger partial charge < -0.3 is 4.74 Å². The Morgan fingerprint density at radius 3 is 2.52 bits per heavy atom. The van der Waals surface area contributed by atoms with Crippen LogP contribution in [-0.2, 0) is 14.8 Å². The van der Waals surface area contributed by atoms with Crippen molar-refractivity contribution >= 4 is 27.3 Å². The van der Waals surface area contributed by atoms with E-state index in [2.05, 4.69) is 9.71 Å². The molecular weight excluding hydrogens is 346 g/mol. The molecule has 0 radical (unpaired) electrons. The summed E-state index contributed by atoms with van der Waals surface area (Å²) in [6.45, 7) is 2.69. The van der Waals surface area contributed by atoms with E-state index in [1.807, 2.05) is 6.92 Å². The van der Waals surface area contributed by atoms with Crippen molar-refractivity contribution < 1.29 is 18.1 Å². The van der Waals surface area contributed by atoms with E-state index in [1.165, 1.54) is 24.3 Å². The van der Waals surface area contributed by atoms with E-state index >= 15 is 0 Å². The van der Waals surface area contributed by atoms with Crippen molar-refractivity contribution in [1.82, 2.24) is 0 Å². The van der Waals surface area contributed by atoms with Gasteiger partial charge >= 0.3 is 0 Å². The summed E-state index contributed by atoms with van der Waals surface area (Å²) in [4.78, 5) is 14.6. The van der Waals surface area contributed by atoms with Gasteiger partial charge in [0.05, 0.1) is 27.6 Å². The summed E-state index contributed by atoms with van der Waals surface area (Å²) >= 11 is 0. The Bertz CT molecular complexity index is 952. The molecule has 8 nitrogen and oxygen atoms in total. The molecule has 2 aromatic rings. The Balaban J connectivity index is 2.03. The first-order chi connectivity index (χ1) is 11.9. The highest BCUT2D eigenvalue weighted by Gasteiger charge is 2.22. The quantitative estimate of drug-likeness (QED) is 0.650. The van der Waals surface area contributed by atoms with Crippen molar-refractivity contribution in [2.24, 2.45) is 4.99 Å². The van der Waals surface area contributed by atoms with Crippen LogP contribution in [0.15, 0.2) is 52.4 Å². The molecule has 9 heteroatoms. The highest BCUT2D eigenvalue weighted by molar-refractivity contribution is 7.92. The lowest BCUT2D eigenvalue weighted by atomic mass is 10.1. The first kappa shape index (κ1) is 16.9. The Morgan fingerprint density at radius 1 is 1.20 bits per heavy atom. The van der Waals surface area contributed by atoms with Gasteiger partial charge in [-0.25, -0.2) is 13.4 Å². The molecule has 0 saturated heterocycles. The number of benzene rings is 2. The van der Waals surface area contributed by atoms with Crippen molar-refractivity contribution in [3.05, 3.63) is 63.7 Å². The van der Waals surface area contributed by atoms with Gasteiger partial charge in [-0.2, -0.15) is 0 Å². The van der Waals surface area contributed by atoms with Gasteiger partial charge in [-0.05, 0) is 25.1 Å².